The third-order valence-corrected chi connectivity index (χ3v) is 2.97. The van der Waals surface area contributed by atoms with Gasteiger partial charge in [-0.25, -0.2) is 0 Å². The minimum absolute atomic E-state index is 0.880. The zero-order valence-corrected chi connectivity index (χ0v) is 10.3. The van der Waals surface area contributed by atoms with Gasteiger partial charge in [-0.2, -0.15) is 0 Å². The lowest BCUT2D eigenvalue weighted by molar-refractivity contribution is 0.115. The van der Waals surface area contributed by atoms with Crippen LogP contribution in [0.2, 0.25) is 0 Å². The molecule has 0 aliphatic rings. The molecule has 0 bridgehead atoms. The van der Waals surface area contributed by atoms with E-state index in [4.69, 9.17) is 4.74 Å². The van der Waals surface area contributed by atoms with Crippen LogP contribution in [0.3, 0.4) is 0 Å². The molecule has 1 nitrogen and oxygen atoms in total. The zero-order chi connectivity index (χ0) is 10.6. The zero-order valence-electron chi connectivity index (χ0n) is 10.3. The molecule has 14 heavy (non-hydrogen) atoms. The maximum absolute atomic E-state index is 5.61. The summed E-state index contributed by atoms with van der Waals surface area (Å²) >= 11 is 0. The highest BCUT2D eigenvalue weighted by molar-refractivity contribution is 4.53. The van der Waals surface area contributed by atoms with Crippen molar-refractivity contribution in [2.45, 2.75) is 65.7 Å². The van der Waals surface area contributed by atoms with Crippen LogP contribution in [0, 0.1) is 5.92 Å². The maximum Gasteiger partial charge on any atom is 0.0468 e. The van der Waals surface area contributed by atoms with Gasteiger partial charge in [-0.1, -0.05) is 52.9 Å². The van der Waals surface area contributed by atoms with Crippen molar-refractivity contribution in [2.75, 3.05) is 13.2 Å². The van der Waals surface area contributed by atoms with E-state index in [9.17, 15) is 0 Å². The fraction of sp³-hybridized carbons (Fsp3) is 1.00. The smallest absolute Gasteiger partial charge is 0.0468 e. The number of hydrogen-bond acceptors (Lipinski definition) is 1. The predicted octanol–water partition coefficient (Wildman–Crippen LogP) is 4.41. The number of rotatable bonds is 10. The molecule has 86 valence electrons. The summed E-state index contributed by atoms with van der Waals surface area (Å²) in [6, 6.07) is 0. The van der Waals surface area contributed by atoms with E-state index in [1.54, 1.807) is 0 Å². The maximum atomic E-state index is 5.61. The van der Waals surface area contributed by atoms with E-state index in [0.29, 0.717) is 0 Å². The Labute approximate surface area is 90.2 Å². The fourth-order valence-electron chi connectivity index (χ4n) is 1.68. The number of ether oxygens (including phenoxy) is 1. The summed E-state index contributed by atoms with van der Waals surface area (Å²) in [7, 11) is 0. The Morgan fingerprint density at radius 1 is 0.857 bits per heavy atom. The molecule has 0 radical (unpaired) electrons. The lowest BCUT2D eigenvalue weighted by Crippen LogP contribution is -2.04. The summed E-state index contributed by atoms with van der Waals surface area (Å²) in [4.78, 5) is 0. The van der Waals surface area contributed by atoms with Gasteiger partial charge in [-0.15, -0.1) is 0 Å². The van der Waals surface area contributed by atoms with Gasteiger partial charge in [0.25, 0.3) is 0 Å². The van der Waals surface area contributed by atoms with Gasteiger partial charge in [-0.3, -0.25) is 0 Å². The predicted molar refractivity (Wildman–Crippen MR) is 63.7 cm³/mol. The molecule has 0 aliphatic heterocycles. The highest BCUT2D eigenvalue weighted by atomic mass is 16.5. The van der Waals surface area contributed by atoms with Gasteiger partial charge in [0.2, 0.25) is 0 Å². The lowest BCUT2D eigenvalue weighted by atomic mass is 10.0. The van der Waals surface area contributed by atoms with Crippen LogP contribution in [-0.4, -0.2) is 13.2 Å². The molecule has 0 atom stereocenters. The van der Waals surface area contributed by atoms with Gasteiger partial charge in [0, 0.05) is 13.2 Å². The van der Waals surface area contributed by atoms with Gasteiger partial charge >= 0.3 is 0 Å². The molecule has 0 aromatic carbocycles. The van der Waals surface area contributed by atoms with E-state index in [2.05, 4.69) is 20.8 Å². The van der Waals surface area contributed by atoms with Crippen LogP contribution < -0.4 is 0 Å². The quantitative estimate of drug-likeness (QED) is 0.475. The van der Waals surface area contributed by atoms with E-state index in [-0.39, 0.29) is 0 Å². The summed E-state index contributed by atoms with van der Waals surface area (Å²) in [5, 5.41) is 0. The Bertz CT molecular complexity index is 97.4. The third kappa shape index (κ3) is 8.55. The Kier molecular flexibility index (Phi) is 11.0. The second-order valence-corrected chi connectivity index (χ2v) is 4.14. The SMILES string of the molecule is CCCCCCOCCC(CC)CC. The van der Waals surface area contributed by atoms with Crippen LogP contribution in [0.5, 0.6) is 0 Å². The minimum atomic E-state index is 0.880. The van der Waals surface area contributed by atoms with E-state index in [1.807, 2.05) is 0 Å². The van der Waals surface area contributed by atoms with Crippen molar-refractivity contribution in [3.05, 3.63) is 0 Å². The lowest BCUT2D eigenvalue weighted by Gasteiger charge is -2.11. The Morgan fingerprint density at radius 3 is 2.14 bits per heavy atom. The van der Waals surface area contributed by atoms with Crippen molar-refractivity contribution < 1.29 is 4.74 Å². The molecule has 0 rings (SSSR count). The monoisotopic (exact) mass is 200 g/mol. The summed E-state index contributed by atoms with van der Waals surface area (Å²) < 4.78 is 5.61. The van der Waals surface area contributed by atoms with Gasteiger partial charge in [0.1, 0.15) is 0 Å². The van der Waals surface area contributed by atoms with Crippen molar-refractivity contribution in [3.8, 4) is 0 Å². The van der Waals surface area contributed by atoms with Crippen molar-refractivity contribution in [1.29, 1.82) is 0 Å². The molecule has 0 aromatic heterocycles. The van der Waals surface area contributed by atoms with Gasteiger partial charge in [0.05, 0.1) is 0 Å². The molecule has 0 saturated carbocycles. The van der Waals surface area contributed by atoms with E-state index in [0.717, 1.165) is 19.1 Å². The van der Waals surface area contributed by atoms with Crippen LogP contribution in [0.1, 0.15) is 65.7 Å². The van der Waals surface area contributed by atoms with Crippen molar-refractivity contribution >= 4 is 0 Å². The summed E-state index contributed by atoms with van der Waals surface area (Å²) in [6.45, 7) is 8.73. The Hall–Kier alpha value is -0.0400. The fourth-order valence-corrected chi connectivity index (χ4v) is 1.68. The van der Waals surface area contributed by atoms with Gasteiger partial charge in [-0.05, 0) is 18.8 Å². The average Bonchev–Trinajstić information content (AvgIpc) is 2.22. The number of hydrogen-bond donors (Lipinski definition) is 0. The third-order valence-electron chi connectivity index (χ3n) is 2.97. The Balaban J connectivity index is 3.04. The first-order valence-electron chi connectivity index (χ1n) is 6.42. The molecule has 0 aliphatic carbocycles. The summed E-state index contributed by atoms with van der Waals surface area (Å²) in [5.41, 5.74) is 0. The molecular weight excluding hydrogens is 172 g/mol. The topological polar surface area (TPSA) is 9.23 Å². The van der Waals surface area contributed by atoms with E-state index in [1.165, 1.54) is 44.9 Å². The minimum Gasteiger partial charge on any atom is -0.381 e. The first-order chi connectivity index (χ1) is 6.85. The standard InChI is InChI=1S/C13H28O/c1-4-7-8-9-11-14-12-10-13(5-2)6-3/h13H,4-12H2,1-3H3. The first-order valence-corrected chi connectivity index (χ1v) is 6.42. The van der Waals surface area contributed by atoms with Crippen molar-refractivity contribution in [2.24, 2.45) is 5.92 Å². The summed E-state index contributed by atoms with van der Waals surface area (Å²) in [5.74, 6) is 0.880. The molecule has 0 aromatic rings. The van der Waals surface area contributed by atoms with Crippen LogP contribution >= 0.6 is 0 Å². The Morgan fingerprint density at radius 2 is 1.57 bits per heavy atom. The molecular formula is C13H28O. The second kappa shape index (κ2) is 11.0. The van der Waals surface area contributed by atoms with Crippen LogP contribution in [0.15, 0.2) is 0 Å². The first kappa shape index (κ1) is 14.0. The molecule has 0 spiro atoms. The normalized spacial score (nSPS) is 11.1. The highest BCUT2D eigenvalue weighted by Gasteiger charge is 2.02. The largest absolute Gasteiger partial charge is 0.381 e. The van der Waals surface area contributed by atoms with Gasteiger partial charge < -0.3 is 4.74 Å². The average molecular weight is 200 g/mol. The highest BCUT2D eigenvalue weighted by Crippen LogP contribution is 2.12. The van der Waals surface area contributed by atoms with Gasteiger partial charge in [0.15, 0.2) is 0 Å². The molecule has 0 unspecified atom stereocenters. The molecule has 0 heterocycles. The van der Waals surface area contributed by atoms with E-state index >= 15 is 0 Å². The van der Waals surface area contributed by atoms with Crippen molar-refractivity contribution in [3.63, 3.8) is 0 Å². The molecule has 0 amide bonds. The second-order valence-electron chi connectivity index (χ2n) is 4.14. The van der Waals surface area contributed by atoms with Crippen molar-refractivity contribution in [1.82, 2.24) is 0 Å². The molecule has 0 fully saturated rings. The van der Waals surface area contributed by atoms with Crippen LogP contribution in [0.25, 0.3) is 0 Å². The van der Waals surface area contributed by atoms with Crippen LogP contribution in [0.4, 0.5) is 0 Å². The molecule has 0 saturated heterocycles. The molecule has 0 N–H and O–H groups in total. The summed E-state index contributed by atoms with van der Waals surface area (Å²) in [6.07, 6.45) is 9.11. The number of unbranched alkanes of at least 4 members (excludes halogenated alkanes) is 3. The van der Waals surface area contributed by atoms with Crippen LogP contribution in [-0.2, 0) is 4.74 Å². The van der Waals surface area contributed by atoms with E-state index < -0.39 is 0 Å². The molecule has 1 heteroatoms.